The Kier molecular flexibility index (Phi) is 7.18. The third-order valence-electron chi connectivity index (χ3n) is 6.46. The van der Waals surface area contributed by atoms with Crippen molar-refractivity contribution in [1.82, 2.24) is 19.4 Å². The summed E-state index contributed by atoms with van der Waals surface area (Å²) in [6.07, 6.45) is 13.3. The van der Waals surface area contributed by atoms with Crippen molar-refractivity contribution >= 4 is 18.1 Å². The average Bonchev–Trinajstić information content (AvgIpc) is 3.25. The van der Waals surface area contributed by atoms with E-state index in [2.05, 4.69) is 57.9 Å². The first kappa shape index (κ1) is 22.4. The number of aromatic nitrogens is 4. The Morgan fingerprint density at radius 3 is 2.53 bits per heavy atom. The molecule has 0 atom stereocenters. The SMILES string of the molecule is Cl.NC1CCC(Cc2nccn3c(-c4cccc(CCc5ccccc5)n4)cnc23)CC1. The van der Waals surface area contributed by atoms with Crippen molar-refractivity contribution < 1.29 is 0 Å². The molecule has 0 radical (unpaired) electrons. The van der Waals surface area contributed by atoms with E-state index in [1.54, 1.807) is 0 Å². The van der Waals surface area contributed by atoms with Crippen LogP contribution in [-0.4, -0.2) is 25.4 Å². The van der Waals surface area contributed by atoms with Crippen LogP contribution < -0.4 is 5.73 Å². The molecule has 1 aliphatic carbocycles. The molecule has 1 aromatic carbocycles. The number of hydrogen-bond donors (Lipinski definition) is 1. The largest absolute Gasteiger partial charge is 0.328 e. The second-order valence-electron chi connectivity index (χ2n) is 8.70. The summed E-state index contributed by atoms with van der Waals surface area (Å²) in [6, 6.07) is 17.2. The van der Waals surface area contributed by atoms with Gasteiger partial charge < -0.3 is 5.73 Å². The number of nitrogens with zero attached hydrogens (tertiary/aromatic N) is 4. The maximum atomic E-state index is 6.08. The molecule has 6 heteroatoms. The van der Waals surface area contributed by atoms with Crippen molar-refractivity contribution in [2.75, 3.05) is 0 Å². The molecule has 1 aliphatic rings. The number of halogens is 1. The number of fused-ring (bicyclic) bond motifs is 1. The molecule has 3 heterocycles. The molecule has 0 amide bonds. The summed E-state index contributed by atoms with van der Waals surface area (Å²) >= 11 is 0. The molecule has 3 aromatic heterocycles. The van der Waals surface area contributed by atoms with Gasteiger partial charge in [-0.3, -0.25) is 14.4 Å². The van der Waals surface area contributed by atoms with Crippen molar-refractivity contribution in [1.29, 1.82) is 0 Å². The fourth-order valence-electron chi connectivity index (χ4n) is 4.65. The Hall–Kier alpha value is -2.76. The molecule has 32 heavy (non-hydrogen) atoms. The molecular weight excluding hydrogens is 418 g/mol. The fourth-order valence-corrected chi connectivity index (χ4v) is 4.65. The second-order valence-corrected chi connectivity index (χ2v) is 8.70. The zero-order valence-corrected chi connectivity index (χ0v) is 19.0. The van der Waals surface area contributed by atoms with Gasteiger partial charge in [0.25, 0.3) is 0 Å². The van der Waals surface area contributed by atoms with Crippen LogP contribution in [0.25, 0.3) is 17.0 Å². The minimum Gasteiger partial charge on any atom is -0.328 e. The van der Waals surface area contributed by atoms with Gasteiger partial charge in [-0.1, -0.05) is 36.4 Å². The number of aryl methyl sites for hydroxylation is 2. The van der Waals surface area contributed by atoms with E-state index < -0.39 is 0 Å². The van der Waals surface area contributed by atoms with E-state index in [0.29, 0.717) is 12.0 Å². The predicted molar refractivity (Wildman–Crippen MR) is 131 cm³/mol. The number of pyridine rings is 1. The van der Waals surface area contributed by atoms with Crippen LogP contribution in [0, 0.1) is 5.92 Å². The Morgan fingerprint density at radius 1 is 0.906 bits per heavy atom. The molecule has 0 saturated heterocycles. The first-order chi connectivity index (χ1) is 15.3. The minimum atomic E-state index is 0. The number of imidazole rings is 1. The topological polar surface area (TPSA) is 69.1 Å². The normalized spacial score (nSPS) is 18.4. The van der Waals surface area contributed by atoms with Gasteiger partial charge >= 0.3 is 0 Å². The molecule has 1 fully saturated rings. The van der Waals surface area contributed by atoms with E-state index in [1.807, 2.05) is 18.6 Å². The van der Waals surface area contributed by atoms with E-state index in [9.17, 15) is 0 Å². The molecule has 0 spiro atoms. The first-order valence-electron chi connectivity index (χ1n) is 11.3. The van der Waals surface area contributed by atoms with E-state index in [1.165, 1.54) is 18.4 Å². The molecule has 0 bridgehead atoms. The molecule has 2 N–H and O–H groups in total. The van der Waals surface area contributed by atoms with Crippen molar-refractivity contribution in [3.63, 3.8) is 0 Å². The second kappa shape index (κ2) is 10.2. The minimum absolute atomic E-state index is 0. The van der Waals surface area contributed by atoms with E-state index in [-0.39, 0.29) is 12.4 Å². The lowest BCUT2D eigenvalue weighted by atomic mass is 9.84. The van der Waals surface area contributed by atoms with Gasteiger partial charge in [0.1, 0.15) is 0 Å². The Labute approximate surface area is 195 Å². The van der Waals surface area contributed by atoms with Gasteiger partial charge in [0.05, 0.1) is 23.3 Å². The maximum absolute atomic E-state index is 6.08. The quantitative estimate of drug-likeness (QED) is 0.448. The molecular formula is C26H30ClN5. The first-order valence-corrected chi connectivity index (χ1v) is 11.3. The van der Waals surface area contributed by atoms with Gasteiger partial charge in [-0.2, -0.15) is 0 Å². The Balaban J connectivity index is 0.00000245. The molecule has 166 valence electrons. The standard InChI is InChI=1S/C26H29N5.ClH/c27-21-12-9-20(10-13-21)17-24-26-29-18-25(31(26)16-15-28-24)23-8-4-7-22(30-23)14-11-19-5-2-1-3-6-19;/h1-8,15-16,18,20-21H,9-14,17,27H2;1H. The number of rotatable bonds is 6. The monoisotopic (exact) mass is 447 g/mol. The lowest BCUT2D eigenvalue weighted by Crippen LogP contribution is -2.27. The number of hydrogen-bond acceptors (Lipinski definition) is 4. The summed E-state index contributed by atoms with van der Waals surface area (Å²) in [5, 5.41) is 0. The highest BCUT2D eigenvalue weighted by atomic mass is 35.5. The number of benzene rings is 1. The average molecular weight is 448 g/mol. The molecule has 0 unspecified atom stereocenters. The Morgan fingerprint density at radius 2 is 1.72 bits per heavy atom. The molecule has 5 rings (SSSR count). The van der Waals surface area contributed by atoms with Crippen LogP contribution in [0.3, 0.4) is 0 Å². The highest BCUT2D eigenvalue weighted by Crippen LogP contribution is 2.28. The van der Waals surface area contributed by atoms with Crippen LogP contribution in [0.4, 0.5) is 0 Å². The van der Waals surface area contributed by atoms with Gasteiger partial charge in [-0.25, -0.2) is 4.98 Å². The van der Waals surface area contributed by atoms with Crippen molar-refractivity contribution in [3.05, 3.63) is 84.1 Å². The van der Waals surface area contributed by atoms with Crippen LogP contribution in [0.5, 0.6) is 0 Å². The smallest absolute Gasteiger partial charge is 0.159 e. The van der Waals surface area contributed by atoms with Gasteiger partial charge in [-0.05, 0) is 68.6 Å². The molecule has 0 aliphatic heterocycles. The van der Waals surface area contributed by atoms with Crippen LogP contribution in [-0.2, 0) is 19.3 Å². The molecule has 5 nitrogen and oxygen atoms in total. The lowest BCUT2D eigenvalue weighted by molar-refractivity contribution is 0.323. The summed E-state index contributed by atoms with van der Waals surface area (Å²) in [4.78, 5) is 14.3. The van der Waals surface area contributed by atoms with Gasteiger partial charge in [0.2, 0.25) is 0 Å². The van der Waals surface area contributed by atoms with Gasteiger partial charge in [0, 0.05) is 24.1 Å². The summed E-state index contributed by atoms with van der Waals surface area (Å²) < 4.78 is 2.14. The zero-order chi connectivity index (χ0) is 21.0. The van der Waals surface area contributed by atoms with Crippen LogP contribution in [0.15, 0.2) is 67.1 Å². The summed E-state index contributed by atoms with van der Waals surface area (Å²) in [7, 11) is 0. The van der Waals surface area contributed by atoms with Crippen molar-refractivity contribution in [2.45, 2.75) is 51.0 Å². The summed E-state index contributed by atoms with van der Waals surface area (Å²) in [6.45, 7) is 0. The predicted octanol–water partition coefficient (Wildman–Crippen LogP) is 5.06. The maximum Gasteiger partial charge on any atom is 0.159 e. The third kappa shape index (κ3) is 5.00. The van der Waals surface area contributed by atoms with Crippen molar-refractivity contribution in [2.24, 2.45) is 11.7 Å². The van der Waals surface area contributed by atoms with E-state index in [4.69, 9.17) is 15.7 Å². The highest BCUT2D eigenvalue weighted by Gasteiger charge is 2.21. The zero-order valence-electron chi connectivity index (χ0n) is 18.2. The Bertz CT molecular complexity index is 1150. The summed E-state index contributed by atoms with van der Waals surface area (Å²) in [5.41, 5.74) is 12.5. The van der Waals surface area contributed by atoms with Crippen LogP contribution >= 0.6 is 12.4 Å². The fraction of sp³-hybridized carbons (Fsp3) is 0.346. The molecule has 4 aromatic rings. The number of nitrogens with two attached hydrogens (primary N) is 1. The molecule has 1 saturated carbocycles. The van der Waals surface area contributed by atoms with Crippen LogP contribution in [0.2, 0.25) is 0 Å². The van der Waals surface area contributed by atoms with Gasteiger partial charge in [-0.15, -0.1) is 12.4 Å². The highest BCUT2D eigenvalue weighted by molar-refractivity contribution is 5.85. The van der Waals surface area contributed by atoms with E-state index >= 15 is 0 Å². The van der Waals surface area contributed by atoms with Gasteiger partial charge in [0.15, 0.2) is 5.65 Å². The lowest BCUT2D eigenvalue weighted by Gasteiger charge is -2.25. The van der Waals surface area contributed by atoms with Crippen molar-refractivity contribution in [3.8, 4) is 11.4 Å². The summed E-state index contributed by atoms with van der Waals surface area (Å²) in [5.74, 6) is 0.651. The van der Waals surface area contributed by atoms with E-state index in [0.717, 1.165) is 60.5 Å². The van der Waals surface area contributed by atoms with Crippen LogP contribution in [0.1, 0.15) is 42.6 Å². The third-order valence-corrected chi connectivity index (χ3v) is 6.46.